The largest absolute Gasteiger partial charge is 0.395 e. The fraction of sp³-hybridized carbons (Fsp3) is 0.536. The van der Waals surface area contributed by atoms with Gasteiger partial charge in [0.15, 0.2) is 0 Å². The van der Waals surface area contributed by atoms with Crippen LogP contribution in [0.15, 0.2) is 54.6 Å². The molecule has 4 heterocycles. The molecule has 1 aromatic rings. The quantitative estimate of drug-likeness (QED) is 0.585. The number of nitrogens with zero attached hydrogens (tertiary/aromatic N) is 3. The first-order chi connectivity index (χ1) is 17.4. The number of rotatable bonds is 7. The molecular weight excluding hydrogens is 458 g/mol. The SMILES string of the molecule is CCCN1CC=C[C@@]2(CC)O[C@]34C=CCN(Cc5ccccc5)C(=O)C3N(CCO)C(=O)[C@@H]4[C@H]2C1=O. The first-order valence-corrected chi connectivity index (χ1v) is 13.0. The van der Waals surface area contributed by atoms with Gasteiger partial charge >= 0.3 is 0 Å². The van der Waals surface area contributed by atoms with Gasteiger partial charge in [-0.1, -0.05) is 68.5 Å². The van der Waals surface area contributed by atoms with Gasteiger partial charge in [0.2, 0.25) is 17.7 Å². The van der Waals surface area contributed by atoms with Crippen molar-refractivity contribution in [1.29, 1.82) is 0 Å². The standard InChI is InChI=1S/C28H35N3O5/c1-3-14-29-15-8-12-27(4-2)21(24(29)33)22-25(34)31(17-18-32)23-26(35)30(16-9-13-28(22,23)36-27)19-20-10-6-5-7-11-20/h5-13,21-23,32H,3-4,14-19H2,1-2H3/t21-,22-,23?,27+,28-/m0/s1. The van der Waals surface area contributed by atoms with Gasteiger partial charge in [-0.15, -0.1) is 0 Å². The zero-order valence-electron chi connectivity index (χ0n) is 21.0. The highest BCUT2D eigenvalue weighted by molar-refractivity contribution is 6.00. The Morgan fingerprint density at radius 3 is 2.33 bits per heavy atom. The second-order valence-electron chi connectivity index (χ2n) is 10.2. The Hall–Kier alpha value is -2.97. The summed E-state index contributed by atoms with van der Waals surface area (Å²) in [5.74, 6) is -2.19. The number of carbonyl (C=O) groups is 3. The minimum atomic E-state index is -1.27. The molecule has 2 saturated heterocycles. The first kappa shape index (κ1) is 24.7. The summed E-state index contributed by atoms with van der Waals surface area (Å²) in [7, 11) is 0. The maximum absolute atomic E-state index is 14.1. The third-order valence-electron chi connectivity index (χ3n) is 8.16. The molecule has 0 aromatic heterocycles. The van der Waals surface area contributed by atoms with E-state index in [4.69, 9.17) is 4.74 Å². The van der Waals surface area contributed by atoms with Crippen LogP contribution >= 0.6 is 0 Å². The van der Waals surface area contributed by atoms with Crippen molar-refractivity contribution in [2.45, 2.75) is 50.5 Å². The van der Waals surface area contributed by atoms with Crippen molar-refractivity contribution >= 4 is 17.7 Å². The van der Waals surface area contributed by atoms with Crippen LogP contribution in [0.2, 0.25) is 0 Å². The number of aliphatic hydroxyl groups is 1. The van der Waals surface area contributed by atoms with Gasteiger partial charge in [0.1, 0.15) is 11.6 Å². The van der Waals surface area contributed by atoms with Gasteiger partial charge in [-0.05, 0) is 18.4 Å². The highest BCUT2D eigenvalue weighted by atomic mass is 16.5. The number of hydrogen-bond acceptors (Lipinski definition) is 5. The molecule has 0 radical (unpaired) electrons. The van der Waals surface area contributed by atoms with Gasteiger partial charge in [-0.25, -0.2) is 0 Å². The molecule has 192 valence electrons. The van der Waals surface area contributed by atoms with E-state index in [0.717, 1.165) is 12.0 Å². The molecule has 3 amide bonds. The Balaban J connectivity index is 1.60. The molecule has 0 saturated carbocycles. The van der Waals surface area contributed by atoms with Gasteiger partial charge in [-0.2, -0.15) is 0 Å². The number of fused-ring (bicyclic) bond motifs is 2. The van der Waals surface area contributed by atoms with Gasteiger partial charge in [0.05, 0.1) is 24.0 Å². The fourth-order valence-electron chi connectivity index (χ4n) is 6.62. The molecule has 1 unspecified atom stereocenters. The average molecular weight is 494 g/mol. The van der Waals surface area contributed by atoms with Gasteiger partial charge in [0, 0.05) is 32.7 Å². The van der Waals surface area contributed by atoms with E-state index in [9.17, 15) is 19.5 Å². The molecule has 8 nitrogen and oxygen atoms in total. The normalized spacial score (nSPS) is 33.5. The van der Waals surface area contributed by atoms with Crippen LogP contribution in [0, 0.1) is 11.8 Å². The smallest absolute Gasteiger partial charge is 0.249 e. The second-order valence-corrected chi connectivity index (χ2v) is 10.2. The third kappa shape index (κ3) is 3.61. The topological polar surface area (TPSA) is 90.4 Å². The minimum Gasteiger partial charge on any atom is -0.395 e. The van der Waals surface area contributed by atoms with Gasteiger partial charge in [-0.3, -0.25) is 14.4 Å². The number of carbonyl (C=O) groups excluding carboxylic acids is 3. The van der Waals surface area contributed by atoms with Crippen LogP contribution in [0.25, 0.3) is 0 Å². The summed E-state index contributed by atoms with van der Waals surface area (Å²) >= 11 is 0. The molecule has 2 fully saturated rings. The van der Waals surface area contributed by atoms with E-state index in [1.165, 1.54) is 4.90 Å². The first-order valence-electron chi connectivity index (χ1n) is 13.0. The van der Waals surface area contributed by atoms with E-state index in [2.05, 4.69) is 0 Å². The Labute approximate surface area is 212 Å². The molecule has 36 heavy (non-hydrogen) atoms. The lowest BCUT2D eigenvalue weighted by molar-refractivity contribution is -0.154. The third-order valence-corrected chi connectivity index (χ3v) is 8.16. The molecule has 1 aromatic carbocycles. The Morgan fingerprint density at radius 1 is 0.917 bits per heavy atom. The van der Waals surface area contributed by atoms with Crippen molar-refractivity contribution in [3.05, 3.63) is 60.2 Å². The van der Waals surface area contributed by atoms with Crippen molar-refractivity contribution in [2.75, 3.05) is 32.8 Å². The zero-order chi connectivity index (χ0) is 25.5. The molecule has 4 aliphatic heterocycles. The summed E-state index contributed by atoms with van der Waals surface area (Å²) < 4.78 is 6.88. The summed E-state index contributed by atoms with van der Waals surface area (Å²) in [6.07, 6.45) is 8.98. The van der Waals surface area contributed by atoms with Crippen LogP contribution in [-0.4, -0.2) is 87.6 Å². The predicted molar refractivity (Wildman–Crippen MR) is 133 cm³/mol. The molecule has 1 spiro atoms. The maximum Gasteiger partial charge on any atom is 0.249 e. The number of likely N-dealkylation sites (tertiary alicyclic amines) is 1. The summed E-state index contributed by atoms with van der Waals surface area (Å²) in [6.45, 7) is 5.57. The lowest BCUT2D eigenvalue weighted by Gasteiger charge is -2.38. The Morgan fingerprint density at radius 2 is 1.64 bits per heavy atom. The van der Waals surface area contributed by atoms with Crippen LogP contribution in [-0.2, 0) is 25.7 Å². The van der Waals surface area contributed by atoms with E-state index in [0.29, 0.717) is 32.6 Å². The highest BCUT2D eigenvalue weighted by Crippen LogP contribution is 2.58. The fourth-order valence-corrected chi connectivity index (χ4v) is 6.62. The van der Waals surface area contributed by atoms with Crippen molar-refractivity contribution in [3.63, 3.8) is 0 Å². The predicted octanol–water partition coefficient (Wildman–Crippen LogP) is 1.75. The Bertz CT molecular complexity index is 1090. The van der Waals surface area contributed by atoms with Crippen LogP contribution in [0.1, 0.15) is 32.3 Å². The van der Waals surface area contributed by atoms with E-state index in [1.54, 1.807) is 9.80 Å². The lowest BCUT2D eigenvalue weighted by atomic mass is 9.73. The molecule has 8 heteroatoms. The molecule has 0 aliphatic carbocycles. The monoisotopic (exact) mass is 493 g/mol. The number of benzene rings is 1. The molecule has 4 aliphatic rings. The summed E-state index contributed by atoms with van der Waals surface area (Å²) in [5.41, 5.74) is -1.26. The van der Waals surface area contributed by atoms with Crippen molar-refractivity contribution in [2.24, 2.45) is 11.8 Å². The minimum absolute atomic E-state index is 0.0123. The molecule has 1 N–H and O–H groups in total. The molecule has 5 atom stereocenters. The summed E-state index contributed by atoms with van der Waals surface area (Å²) in [4.78, 5) is 47.1. The van der Waals surface area contributed by atoms with Crippen molar-refractivity contribution in [3.8, 4) is 0 Å². The number of ether oxygens (including phenoxy) is 1. The number of hydrogen-bond donors (Lipinski definition) is 1. The van der Waals surface area contributed by atoms with Gasteiger partial charge < -0.3 is 24.5 Å². The average Bonchev–Trinajstić information content (AvgIpc) is 3.17. The van der Waals surface area contributed by atoms with E-state index < -0.39 is 29.1 Å². The zero-order valence-corrected chi connectivity index (χ0v) is 21.0. The number of amides is 3. The summed E-state index contributed by atoms with van der Waals surface area (Å²) in [6, 6.07) is 8.78. The summed E-state index contributed by atoms with van der Waals surface area (Å²) in [5, 5.41) is 9.83. The van der Waals surface area contributed by atoms with E-state index in [1.807, 2.05) is 68.5 Å². The lowest BCUT2D eigenvalue weighted by Crippen LogP contribution is -2.56. The van der Waals surface area contributed by atoms with Crippen LogP contribution in [0.3, 0.4) is 0 Å². The number of β-amino-alcohol motifs (C(OH)–C–C–N with tert-alkyl or cyclic N) is 1. The van der Waals surface area contributed by atoms with Crippen molar-refractivity contribution in [1.82, 2.24) is 14.7 Å². The Kier molecular flexibility index (Phi) is 6.51. The molecule has 0 bridgehead atoms. The van der Waals surface area contributed by atoms with Crippen LogP contribution in [0.4, 0.5) is 0 Å². The van der Waals surface area contributed by atoms with E-state index >= 15 is 0 Å². The highest BCUT2D eigenvalue weighted by Gasteiger charge is 2.75. The second kappa shape index (κ2) is 9.48. The van der Waals surface area contributed by atoms with Crippen molar-refractivity contribution < 1.29 is 24.2 Å². The number of aliphatic hydroxyl groups excluding tert-OH is 1. The van der Waals surface area contributed by atoms with Crippen LogP contribution < -0.4 is 0 Å². The molecule has 5 rings (SSSR count). The van der Waals surface area contributed by atoms with Gasteiger partial charge in [0.25, 0.3) is 0 Å². The van der Waals surface area contributed by atoms with Crippen LogP contribution in [0.5, 0.6) is 0 Å². The van der Waals surface area contributed by atoms with E-state index in [-0.39, 0.29) is 30.9 Å². The maximum atomic E-state index is 14.1. The molecular formula is C28H35N3O5.